The average Bonchev–Trinajstić information content (AvgIpc) is 2.83. The van der Waals surface area contributed by atoms with Gasteiger partial charge in [0.25, 0.3) is 11.5 Å². The fourth-order valence-corrected chi connectivity index (χ4v) is 3.98. The van der Waals surface area contributed by atoms with Gasteiger partial charge in [-0.3, -0.25) is 23.9 Å². The van der Waals surface area contributed by atoms with Gasteiger partial charge in [-0.1, -0.05) is 41.9 Å². The number of aromatic amines is 1. The summed E-state index contributed by atoms with van der Waals surface area (Å²) >= 11 is 7.08. The summed E-state index contributed by atoms with van der Waals surface area (Å²) in [5, 5.41) is 0.585. The Balaban J connectivity index is 1.70. The second-order valence-electron chi connectivity index (χ2n) is 7.11. The van der Waals surface area contributed by atoms with E-state index in [-0.39, 0.29) is 30.3 Å². The molecular formula is C23H23ClN4O5S. The Hall–Kier alpha value is -3.50. The Labute approximate surface area is 204 Å². The average molecular weight is 503 g/mol. The second-order valence-corrected chi connectivity index (χ2v) is 8.59. The van der Waals surface area contributed by atoms with Crippen molar-refractivity contribution in [3.63, 3.8) is 0 Å². The quantitative estimate of drug-likeness (QED) is 0.340. The molecule has 34 heavy (non-hydrogen) atoms. The van der Waals surface area contributed by atoms with Gasteiger partial charge in [-0.2, -0.15) is 0 Å². The molecular weight excluding hydrogens is 480 g/mol. The number of aromatic nitrogens is 2. The number of hydrogen-bond donors (Lipinski definition) is 2. The van der Waals surface area contributed by atoms with E-state index < -0.39 is 29.7 Å². The van der Waals surface area contributed by atoms with Gasteiger partial charge in [0.15, 0.2) is 12.3 Å². The van der Waals surface area contributed by atoms with E-state index in [0.29, 0.717) is 5.02 Å². The molecule has 3 rings (SSSR count). The Morgan fingerprint density at radius 3 is 2.44 bits per heavy atom. The van der Waals surface area contributed by atoms with Crippen molar-refractivity contribution >= 4 is 46.7 Å². The Morgan fingerprint density at radius 1 is 1.12 bits per heavy atom. The molecule has 0 aliphatic rings. The number of likely N-dealkylation sites (N-methyl/N-ethyl adjacent to an activating group) is 1. The number of amides is 1. The van der Waals surface area contributed by atoms with Gasteiger partial charge < -0.3 is 15.4 Å². The van der Waals surface area contributed by atoms with Gasteiger partial charge in [0, 0.05) is 16.5 Å². The molecule has 1 heterocycles. The van der Waals surface area contributed by atoms with E-state index in [1.165, 1.54) is 16.3 Å². The molecule has 0 aliphatic heterocycles. The van der Waals surface area contributed by atoms with Crippen LogP contribution in [-0.2, 0) is 20.9 Å². The summed E-state index contributed by atoms with van der Waals surface area (Å²) in [5.41, 5.74) is 5.28. The smallest absolute Gasteiger partial charge is 0.330 e. The largest absolute Gasteiger partial charge is 0.455 e. The number of nitrogen functional groups attached to an aromatic ring is 1. The molecule has 0 unspecified atom stereocenters. The van der Waals surface area contributed by atoms with Crippen LogP contribution in [0, 0.1) is 0 Å². The van der Waals surface area contributed by atoms with Crippen LogP contribution in [0.25, 0.3) is 0 Å². The highest BCUT2D eigenvalue weighted by atomic mass is 35.5. The first-order chi connectivity index (χ1) is 16.3. The van der Waals surface area contributed by atoms with Crippen LogP contribution in [0.2, 0.25) is 5.02 Å². The van der Waals surface area contributed by atoms with Crippen LogP contribution in [0.4, 0.5) is 11.5 Å². The summed E-state index contributed by atoms with van der Waals surface area (Å²) in [7, 11) is 0. The van der Waals surface area contributed by atoms with Crippen molar-refractivity contribution in [2.75, 3.05) is 29.5 Å². The maximum absolute atomic E-state index is 12.8. The lowest BCUT2D eigenvalue weighted by molar-refractivity contribution is -0.145. The summed E-state index contributed by atoms with van der Waals surface area (Å²) < 4.78 is 6.26. The van der Waals surface area contributed by atoms with Crippen molar-refractivity contribution in [3.8, 4) is 0 Å². The van der Waals surface area contributed by atoms with Crippen molar-refractivity contribution in [2.24, 2.45) is 0 Å². The van der Waals surface area contributed by atoms with E-state index in [2.05, 4.69) is 4.98 Å². The van der Waals surface area contributed by atoms with Crippen LogP contribution in [0.5, 0.6) is 0 Å². The highest BCUT2D eigenvalue weighted by Gasteiger charge is 2.24. The number of nitrogens with one attached hydrogen (secondary N) is 1. The van der Waals surface area contributed by atoms with E-state index in [0.717, 1.165) is 15.4 Å². The molecule has 178 valence electrons. The van der Waals surface area contributed by atoms with Gasteiger partial charge in [-0.25, -0.2) is 4.79 Å². The molecule has 0 fully saturated rings. The van der Waals surface area contributed by atoms with Crippen molar-refractivity contribution in [2.45, 2.75) is 18.4 Å². The molecule has 0 atom stereocenters. The maximum Gasteiger partial charge on any atom is 0.330 e. The normalized spacial score (nSPS) is 10.6. The number of nitrogens with two attached hydrogens (primary N) is 1. The minimum Gasteiger partial charge on any atom is -0.455 e. The maximum atomic E-state index is 12.8. The molecule has 0 spiro atoms. The van der Waals surface area contributed by atoms with E-state index in [9.17, 15) is 19.2 Å². The van der Waals surface area contributed by atoms with Gasteiger partial charge in [-0.05, 0) is 36.8 Å². The van der Waals surface area contributed by atoms with Gasteiger partial charge in [0.2, 0.25) is 0 Å². The molecule has 11 heteroatoms. The highest BCUT2D eigenvalue weighted by molar-refractivity contribution is 8.00. The SMILES string of the molecule is CCN(C(=O)COC(=O)CSc1ccc(Cl)cc1)c1c(N)n(Cc2ccccc2)c(=O)[nH]c1=O. The minimum atomic E-state index is -0.799. The predicted molar refractivity (Wildman–Crippen MR) is 132 cm³/mol. The van der Waals surface area contributed by atoms with Crippen molar-refractivity contribution < 1.29 is 14.3 Å². The first kappa shape index (κ1) is 25.1. The number of H-pyrrole nitrogens is 1. The summed E-state index contributed by atoms with van der Waals surface area (Å²) in [5.74, 6) is -1.40. The number of carbonyl (C=O) groups is 2. The lowest BCUT2D eigenvalue weighted by Gasteiger charge is -2.23. The number of halogens is 1. The second kappa shape index (κ2) is 11.6. The summed E-state index contributed by atoms with van der Waals surface area (Å²) in [4.78, 5) is 53.9. The number of hydrogen-bond acceptors (Lipinski definition) is 7. The number of ether oxygens (including phenoxy) is 1. The van der Waals surface area contributed by atoms with Crippen LogP contribution in [-0.4, -0.2) is 40.3 Å². The first-order valence-electron chi connectivity index (χ1n) is 10.3. The summed E-state index contributed by atoms with van der Waals surface area (Å²) in [6.07, 6.45) is 0. The van der Waals surface area contributed by atoms with Crippen LogP contribution in [0.3, 0.4) is 0 Å². The third-order valence-corrected chi connectivity index (χ3v) is 6.05. The lowest BCUT2D eigenvalue weighted by Crippen LogP contribution is -2.42. The Kier molecular flexibility index (Phi) is 8.55. The van der Waals surface area contributed by atoms with Crippen molar-refractivity contribution in [3.05, 3.63) is 86.0 Å². The van der Waals surface area contributed by atoms with Gasteiger partial charge in [0.05, 0.1) is 12.3 Å². The highest BCUT2D eigenvalue weighted by Crippen LogP contribution is 2.21. The molecule has 2 aromatic carbocycles. The fraction of sp³-hybridized carbons (Fsp3) is 0.217. The third kappa shape index (κ3) is 6.30. The number of carbonyl (C=O) groups excluding carboxylic acids is 2. The standard InChI is InChI=1S/C23H23ClN4O5S/c1-2-27(18(29)13-33-19(30)14-34-17-10-8-16(24)9-11-17)20-21(25)28(23(32)26-22(20)31)12-15-6-4-3-5-7-15/h3-11H,2,12-14,25H2,1H3,(H,26,31,32). The Morgan fingerprint density at radius 2 is 1.79 bits per heavy atom. The number of rotatable bonds is 9. The van der Waals surface area contributed by atoms with E-state index in [1.54, 1.807) is 43.3 Å². The zero-order valence-electron chi connectivity index (χ0n) is 18.3. The molecule has 0 radical (unpaired) electrons. The fourth-order valence-electron chi connectivity index (χ4n) is 3.16. The number of thioether (sulfide) groups is 1. The zero-order valence-corrected chi connectivity index (χ0v) is 19.9. The minimum absolute atomic E-state index is 0.00822. The molecule has 0 aliphatic carbocycles. The van der Waals surface area contributed by atoms with Crippen LogP contribution < -0.4 is 21.9 Å². The molecule has 0 saturated heterocycles. The van der Waals surface area contributed by atoms with Crippen LogP contribution >= 0.6 is 23.4 Å². The van der Waals surface area contributed by atoms with Crippen LogP contribution in [0.1, 0.15) is 12.5 Å². The van der Waals surface area contributed by atoms with Gasteiger partial charge >= 0.3 is 11.7 Å². The monoisotopic (exact) mass is 502 g/mol. The molecule has 1 aromatic heterocycles. The molecule has 3 N–H and O–H groups in total. The third-order valence-electron chi connectivity index (χ3n) is 4.81. The number of benzene rings is 2. The molecule has 0 bridgehead atoms. The van der Waals surface area contributed by atoms with Crippen LogP contribution in [0.15, 0.2) is 69.1 Å². The zero-order chi connectivity index (χ0) is 24.7. The summed E-state index contributed by atoms with van der Waals surface area (Å²) in [6, 6.07) is 16.0. The van der Waals surface area contributed by atoms with Gasteiger partial charge in [0.1, 0.15) is 5.82 Å². The number of esters is 1. The predicted octanol–water partition coefficient (Wildman–Crippen LogP) is 2.51. The number of nitrogens with zero attached hydrogens (tertiary/aromatic N) is 2. The van der Waals surface area contributed by atoms with E-state index >= 15 is 0 Å². The first-order valence-corrected chi connectivity index (χ1v) is 11.7. The van der Waals surface area contributed by atoms with E-state index in [1.807, 2.05) is 18.2 Å². The number of anilines is 2. The molecule has 0 saturated carbocycles. The molecule has 3 aromatic rings. The lowest BCUT2D eigenvalue weighted by atomic mass is 10.2. The topological polar surface area (TPSA) is 127 Å². The van der Waals surface area contributed by atoms with Gasteiger partial charge in [-0.15, -0.1) is 11.8 Å². The Bertz CT molecular complexity index is 1280. The van der Waals surface area contributed by atoms with Crippen molar-refractivity contribution in [1.29, 1.82) is 0 Å². The molecule has 1 amide bonds. The summed E-state index contributed by atoms with van der Waals surface area (Å²) in [6.45, 7) is 1.25. The van der Waals surface area contributed by atoms with Crippen molar-refractivity contribution in [1.82, 2.24) is 9.55 Å². The van der Waals surface area contributed by atoms with E-state index in [4.69, 9.17) is 22.1 Å². The molecule has 9 nitrogen and oxygen atoms in total.